The van der Waals surface area contributed by atoms with Gasteiger partial charge in [-0.05, 0) is 29.8 Å². The number of anilines is 1. The molecule has 118 valence electrons. The summed E-state index contributed by atoms with van der Waals surface area (Å²) in [5.74, 6) is -1.62. The number of carbonyl (C=O) groups is 1. The summed E-state index contributed by atoms with van der Waals surface area (Å²) in [5.41, 5.74) is 1.83. The van der Waals surface area contributed by atoms with E-state index in [2.05, 4.69) is 10.3 Å². The Bertz CT molecular complexity index is 874. The van der Waals surface area contributed by atoms with Crippen LogP contribution >= 0.6 is 0 Å². The summed E-state index contributed by atoms with van der Waals surface area (Å²) in [7, 11) is 1.56. The molecule has 0 aliphatic rings. The van der Waals surface area contributed by atoms with E-state index in [0.717, 1.165) is 28.6 Å². The molecule has 0 atom stereocenters. The minimum atomic E-state index is -1.00. The summed E-state index contributed by atoms with van der Waals surface area (Å²) in [4.78, 5) is 15.2. The van der Waals surface area contributed by atoms with Gasteiger partial charge in [0.15, 0.2) is 11.6 Å². The van der Waals surface area contributed by atoms with Gasteiger partial charge in [0.2, 0.25) is 5.91 Å². The molecule has 1 amide bonds. The molecule has 0 aliphatic heterocycles. The first-order chi connectivity index (χ1) is 11.1. The molecule has 6 heteroatoms. The zero-order valence-corrected chi connectivity index (χ0v) is 12.3. The highest BCUT2D eigenvalue weighted by Crippen LogP contribution is 2.29. The van der Waals surface area contributed by atoms with Crippen molar-refractivity contribution in [2.45, 2.75) is 6.42 Å². The van der Waals surface area contributed by atoms with Crippen LogP contribution in [-0.2, 0) is 11.2 Å². The van der Waals surface area contributed by atoms with Crippen LogP contribution in [0.15, 0.2) is 42.6 Å². The van der Waals surface area contributed by atoms with Crippen LogP contribution < -0.4 is 10.1 Å². The summed E-state index contributed by atoms with van der Waals surface area (Å²) in [6.07, 6.45) is 1.82. The number of carbonyl (C=O) groups excluding carboxylic acids is 1. The van der Waals surface area contributed by atoms with E-state index < -0.39 is 11.6 Å². The highest BCUT2D eigenvalue weighted by molar-refractivity contribution is 5.97. The first-order valence-electron chi connectivity index (χ1n) is 6.96. The summed E-state index contributed by atoms with van der Waals surface area (Å²) in [6.45, 7) is 0. The zero-order valence-electron chi connectivity index (χ0n) is 12.3. The van der Waals surface area contributed by atoms with E-state index in [1.165, 1.54) is 6.07 Å². The van der Waals surface area contributed by atoms with Crippen LogP contribution in [0.5, 0.6) is 5.75 Å². The van der Waals surface area contributed by atoms with Crippen LogP contribution in [0.25, 0.3) is 10.9 Å². The van der Waals surface area contributed by atoms with Crippen molar-refractivity contribution in [2.75, 3.05) is 12.4 Å². The number of hydrogen-bond acceptors (Lipinski definition) is 2. The second-order valence-electron chi connectivity index (χ2n) is 5.05. The Morgan fingerprint density at radius 2 is 2.04 bits per heavy atom. The Balaban J connectivity index is 1.81. The average molecular weight is 316 g/mol. The number of hydrogen-bond donors (Lipinski definition) is 2. The van der Waals surface area contributed by atoms with Crippen molar-refractivity contribution < 1.29 is 18.3 Å². The van der Waals surface area contributed by atoms with E-state index in [1.807, 2.05) is 18.2 Å². The van der Waals surface area contributed by atoms with Crippen molar-refractivity contribution in [1.82, 2.24) is 4.98 Å². The van der Waals surface area contributed by atoms with Gasteiger partial charge in [-0.25, -0.2) is 8.78 Å². The van der Waals surface area contributed by atoms with Gasteiger partial charge in [0.25, 0.3) is 0 Å². The lowest BCUT2D eigenvalue weighted by Crippen LogP contribution is -2.14. The van der Waals surface area contributed by atoms with Gasteiger partial charge >= 0.3 is 0 Å². The van der Waals surface area contributed by atoms with Crippen molar-refractivity contribution >= 4 is 22.5 Å². The summed E-state index contributed by atoms with van der Waals surface area (Å²) >= 11 is 0. The predicted octanol–water partition coefficient (Wildman–Crippen LogP) is 3.64. The minimum Gasteiger partial charge on any atom is -0.496 e. The number of aromatic amines is 1. The maximum atomic E-state index is 13.2. The standard InChI is InChI=1S/C17H14F2N2O2/c1-23-15-4-2-3-14-17(15)10(9-20-14)7-16(22)21-11-5-6-12(18)13(19)8-11/h2-6,8-9,20H,7H2,1H3,(H,21,22). The Hall–Kier alpha value is -2.89. The van der Waals surface area contributed by atoms with E-state index in [0.29, 0.717) is 5.75 Å². The largest absolute Gasteiger partial charge is 0.496 e. The van der Waals surface area contributed by atoms with Gasteiger partial charge in [0.1, 0.15) is 5.75 Å². The van der Waals surface area contributed by atoms with E-state index in [9.17, 15) is 13.6 Å². The molecule has 3 rings (SSSR count). The first kappa shape index (κ1) is 15.0. The van der Waals surface area contributed by atoms with Gasteiger partial charge in [0.05, 0.1) is 13.5 Å². The van der Waals surface area contributed by atoms with Crippen molar-refractivity contribution in [3.05, 3.63) is 59.8 Å². The first-order valence-corrected chi connectivity index (χ1v) is 6.96. The molecule has 0 radical (unpaired) electrons. The van der Waals surface area contributed by atoms with E-state index in [1.54, 1.807) is 13.3 Å². The fourth-order valence-corrected chi connectivity index (χ4v) is 2.48. The van der Waals surface area contributed by atoms with Crippen LogP contribution in [0.1, 0.15) is 5.56 Å². The number of H-pyrrole nitrogens is 1. The Morgan fingerprint density at radius 1 is 1.22 bits per heavy atom. The molecule has 0 aliphatic carbocycles. The predicted molar refractivity (Wildman–Crippen MR) is 83.5 cm³/mol. The fraction of sp³-hybridized carbons (Fsp3) is 0.118. The lowest BCUT2D eigenvalue weighted by molar-refractivity contribution is -0.115. The van der Waals surface area contributed by atoms with Gasteiger partial charge < -0.3 is 15.0 Å². The highest BCUT2D eigenvalue weighted by atomic mass is 19.2. The van der Waals surface area contributed by atoms with Crippen LogP contribution in [0.4, 0.5) is 14.5 Å². The van der Waals surface area contributed by atoms with Crippen LogP contribution in [0, 0.1) is 11.6 Å². The van der Waals surface area contributed by atoms with E-state index >= 15 is 0 Å². The summed E-state index contributed by atoms with van der Waals surface area (Å²) in [5, 5.41) is 3.38. The number of amides is 1. The summed E-state index contributed by atoms with van der Waals surface area (Å²) < 4.78 is 31.4. The number of nitrogens with one attached hydrogen (secondary N) is 2. The molecule has 0 bridgehead atoms. The number of ether oxygens (including phenoxy) is 1. The molecule has 0 saturated heterocycles. The van der Waals surface area contributed by atoms with Gasteiger partial charge in [-0.3, -0.25) is 4.79 Å². The summed E-state index contributed by atoms with van der Waals surface area (Å²) in [6, 6.07) is 8.78. The molecule has 1 aromatic heterocycles. The minimum absolute atomic E-state index is 0.0827. The second kappa shape index (κ2) is 6.08. The van der Waals surface area contributed by atoms with Crippen molar-refractivity contribution in [3.63, 3.8) is 0 Å². The van der Waals surface area contributed by atoms with E-state index in [4.69, 9.17) is 4.74 Å². The molecule has 4 nitrogen and oxygen atoms in total. The van der Waals surface area contributed by atoms with Crippen LogP contribution in [0.2, 0.25) is 0 Å². The third-order valence-electron chi connectivity index (χ3n) is 3.52. The highest BCUT2D eigenvalue weighted by Gasteiger charge is 2.13. The Kier molecular flexibility index (Phi) is 3.97. The molecule has 2 N–H and O–H groups in total. The van der Waals surface area contributed by atoms with Crippen molar-refractivity contribution in [3.8, 4) is 5.75 Å². The number of rotatable bonds is 4. The SMILES string of the molecule is COc1cccc2[nH]cc(CC(=O)Nc3ccc(F)c(F)c3)c12. The molecule has 0 saturated carbocycles. The third kappa shape index (κ3) is 3.01. The topological polar surface area (TPSA) is 54.1 Å². The quantitative estimate of drug-likeness (QED) is 0.772. The Labute approximate surface area is 131 Å². The number of benzene rings is 2. The zero-order chi connectivity index (χ0) is 16.4. The lowest BCUT2D eigenvalue weighted by atomic mass is 10.1. The molecule has 2 aromatic carbocycles. The second-order valence-corrected chi connectivity index (χ2v) is 5.05. The normalized spacial score (nSPS) is 10.7. The smallest absolute Gasteiger partial charge is 0.228 e. The molecule has 0 fully saturated rings. The maximum Gasteiger partial charge on any atom is 0.228 e. The molecule has 1 heterocycles. The Morgan fingerprint density at radius 3 is 2.78 bits per heavy atom. The molecule has 3 aromatic rings. The molecular weight excluding hydrogens is 302 g/mol. The molecule has 0 unspecified atom stereocenters. The molecule has 23 heavy (non-hydrogen) atoms. The van der Waals surface area contributed by atoms with Crippen LogP contribution in [-0.4, -0.2) is 18.0 Å². The molecular formula is C17H14F2N2O2. The van der Waals surface area contributed by atoms with Gasteiger partial charge in [-0.1, -0.05) is 6.07 Å². The lowest BCUT2D eigenvalue weighted by Gasteiger charge is -2.07. The van der Waals surface area contributed by atoms with Crippen molar-refractivity contribution in [2.24, 2.45) is 0 Å². The third-order valence-corrected chi connectivity index (χ3v) is 3.52. The van der Waals surface area contributed by atoms with Crippen LogP contribution in [0.3, 0.4) is 0 Å². The maximum absolute atomic E-state index is 13.2. The number of aromatic nitrogens is 1. The fourth-order valence-electron chi connectivity index (χ4n) is 2.48. The van der Waals surface area contributed by atoms with Gasteiger partial charge in [-0.2, -0.15) is 0 Å². The average Bonchev–Trinajstić information content (AvgIpc) is 2.94. The van der Waals surface area contributed by atoms with E-state index in [-0.39, 0.29) is 18.0 Å². The number of halogens is 2. The van der Waals surface area contributed by atoms with Gasteiger partial charge in [0, 0.05) is 28.9 Å². The van der Waals surface area contributed by atoms with Crippen molar-refractivity contribution in [1.29, 1.82) is 0 Å². The van der Waals surface area contributed by atoms with Gasteiger partial charge in [-0.15, -0.1) is 0 Å². The molecule has 0 spiro atoms. The number of fused-ring (bicyclic) bond motifs is 1. The number of methoxy groups -OCH3 is 1. The monoisotopic (exact) mass is 316 g/mol.